The molecule has 0 unspecified atom stereocenters. The molecule has 2 rings (SSSR count). The molecule has 1 amide bonds. The Morgan fingerprint density at radius 2 is 2.06 bits per heavy atom. The highest BCUT2D eigenvalue weighted by Gasteiger charge is 2.35. The first-order valence-electron chi connectivity index (χ1n) is 5.01. The first-order valence-corrected chi connectivity index (χ1v) is 5.01. The van der Waals surface area contributed by atoms with Crippen molar-refractivity contribution < 1.29 is 14.7 Å². The van der Waals surface area contributed by atoms with Crippen LogP contribution in [0, 0.1) is 0 Å². The number of carboxylic acid groups (broad SMARTS) is 1. The first kappa shape index (κ1) is 10.5. The molecule has 16 heavy (non-hydrogen) atoms. The molecule has 0 bridgehead atoms. The number of nitrogens with one attached hydrogen (secondary N) is 2. The minimum absolute atomic E-state index is 0.267. The van der Waals surface area contributed by atoms with Crippen molar-refractivity contribution >= 4 is 17.6 Å². The van der Waals surface area contributed by atoms with Crippen LogP contribution in [-0.2, 0) is 9.59 Å². The number of benzene rings is 1. The number of carbonyl (C=O) groups is 2. The normalized spacial score (nSPS) is 23.9. The van der Waals surface area contributed by atoms with Gasteiger partial charge < -0.3 is 15.7 Å². The molecular formula is C11H12N2O3. The number of amides is 1. The number of hydrogen-bond acceptors (Lipinski definition) is 3. The molecule has 2 atom stereocenters. The average molecular weight is 220 g/mol. The molecule has 0 saturated carbocycles. The van der Waals surface area contributed by atoms with E-state index in [-0.39, 0.29) is 12.3 Å². The standard InChI is InChI=1S/C11H12N2O3/c14-10-8(6-9(13-10)11(15)16)12-7-4-2-1-3-5-7/h1-5,8-9,12H,6H2,(H,13,14)(H,15,16)/t8-,9-/m0/s1. The zero-order chi connectivity index (χ0) is 11.5. The average Bonchev–Trinajstić information content (AvgIpc) is 2.62. The van der Waals surface area contributed by atoms with E-state index < -0.39 is 18.1 Å². The van der Waals surface area contributed by atoms with Crippen LogP contribution in [0.5, 0.6) is 0 Å². The van der Waals surface area contributed by atoms with Gasteiger partial charge >= 0.3 is 5.97 Å². The fourth-order valence-corrected chi connectivity index (χ4v) is 1.70. The predicted octanol–water partition coefficient (Wildman–Crippen LogP) is 0.440. The van der Waals surface area contributed by atoms with Crippen LogP contribution in [0.3, 0.4) is 0 Å². The van der Waals surface area contributed by atoms with Gasteiger partial charge in [0.05, 0.1) is 0 Å². The van der Waals surface area contributed by atoms with Crippen molar-refractivity contribution in [2.75, 3.05) is 5.32 Å². The maximum atomic E-state index is 11.5. The molecule has 0 aliphatic carbocycles. The van der Waals surface area contributed by atoms with Crippen molar-refractivity contribution in [3.05, 3.63) is 30.3 Å². The van der Waals surface area contributed by atoms with Crippen molar-refractivity contribution in [2.45, 2.75) is 18.5 Å². The lowest BCUT2D eigenvalue weighted by molar-refractivity contribution is -0.140. The summed E-state index contributed by atoms with van der Waals surface area (Å²) in [6.07, 6.45) is 0.267. The Balaban J connectivity index is 2.02. The van der Waals surface area contributed by atoms with Crippen LogP contribution in [0.25, 0.3) is 0 Å². The number of para-hydroxylation sites is 1. The van der Waals surface area contributed by atoms with Crippen molar-refractivity contribution in [3.63, 3.8) is 0 Å². The van der Waals surface area contributed by atoms with E-state index in [1.807, 2.05) is 30.3 Å². The fraction of sp³-hybridized carbons (Fsp3) is 0.273. The summed E-state index contributed by atoms with van der Waals surface area (Å²) in [5.74, 6) is -1.26. The number of rotatable bonds is 3. The lowest BCUT2D eigenvalue weighted by Crippen LogP contribution is -2.34. The second kappa shape index (κ2) is 4.22. The Morgan fingerprint density at radius 1 is 1.38 bits per heavy atom. The summed E-state index contributed by atoms with van der Waals surface area (Å²) in [4.78, 5) is 22.2. The van der Waals surface area contributed by atoms with E-state index in [0.29, 0.717) is 0 Å². The minimum atomic E-state index is -0.995. The van der Waals surface area contributed by atoms with Crippen LogP contribution in [0.1, 0.15) is 6.42 Å². The van der Waals surface area contributed by atoms with E-state index in [1.54, 1.807) is 0 Å². The zero-order valence-electron chi connectivity index (χ0n) is 8.51. The Kier molecular flexibility index (Phi) is 2.76. The summed E-state index contributed by atoms with van der Waals surface area (Å²) in [6, 6.07) is 7.99. The Morgan fingerprint density at radius 3 is 2.62 bits per heavy atom. The van der Waals surface area contributed by atoms with Gasteiger partial charge in [0.25, 0.3) is 0 Å². The van der Waals surface area contributed by atoms with Crippen molar-refractivity contribution in [2.24, 2.45) is 0 Å². The van der Waals surface area contributed by atoms with E-state index in [1.165, 1.54) is 0 Å². The molecule has 0 spiro atoms. The number of hydrogen-bond donors (Lipinski definition) is 3. The quantitative estimate of drug-likeness (QED) is 0.690. The molecule has 5 heteroatoms. The molecule has 5 nitrogen and oxygen atoms in total. The summed E-state index contributed by atoms with van der Waals surface area (Å²) >= 11 is 0. The number of carboxylic acids is 1. The van der Waals surface area contributed by atoms with Gasteiger partial charge in [-0.15, -0.1) is 0 Å². The van der Waals surface area contributed by atoms with Gasteiger partial charge in [-0.25, -0.2) is 4.79 Å². The summed E-state index contributed by atoms with van der Waals surface area (Å²) in [5.41, 5.74) is 0.814. The van der Waals surface area contributed by atoms with E-state index in [2.05, 4.69) is 10.6 Å². The van der Waals surface area contributed by atoms with Crippen LogP contribution >= 0.6 is 0 Å². The lowest BCUT2D eigenvalue weighted by Gasteiger charge is -2.10. The highest BCUT2D eigenvalue weighted by atomic mass is 16.4. The van der Waals surface area contributed by atoms with Gasteiger partial charge in [0.2, 0.25) is 5.91 Å². The van der Waals surface area contributed by atoms with Gasteiger partial charge in [-0.2, -0.15) is 0 Å². The van der Waals surface area contributed by atoms with Crippen LogP contribution in [0.2, 0.25) is 0 Å². The Bertz CT molecular complexity index is 405. The largest absolute Gasteiger partial charge is 0.480 e. The molecule has 3 N–H and O–H groups in total. The molecular weight excluding hydrogens is 208 g/mol. The van der Waals surface area contributed by atoms with Crippen molar-refractivity contribution in [3.8, 4) is 0 Å². The molecule has 1 aromatic carbocycles. The Hall–Kier alpha value is -2.04. The van der Waals surface area contributed by atoms with Crippen LogP contribution in [0.15, 0.2) is 30.3 Å². The van der Waals surface area contributed by atoms with Gasteiger partial charge in [0.15, 0.2) is 0 Å². The van der Waals surface area contributed by atoms with Gasteiger partial charge in [0, 0.05) is 12.1 Å². The van der Waals surface area contributed by atoms with E-state index in [0.717, 1.165) is 5.69 Å². The Labute approximate surface area is 92.5 Å². The molecule has 1 saturated heterocycles. The molecule has 1 fully saturated rings. The summed E-state index contributed by atoms with van der Waals surface area (Å²) in [5, 5.41) is 14.2. The van der Waals surface area contributed by atoms with E-state index in [9.17, 15) is 9.59 Å². The maximum absolute atomic E-state index is 11.5. The third-order valence-electron chi connectivity index (χ3n) is 2.52. The van der Waals surface area contributed by atoms with Gasteiger partial charge in [0.1, 0.15) is 12.1 Å². The predicted molar refractivity (Wildman–Crippen MR) is 58.0 cm³/mol. The van der Waals surface area contributed by atoms with Gasteiger partial charge in [-0.1, -0.05) is 18.2 Å². The molecule has 1 aliphatic heterocycles. The highest BCUT2D eigenvalue weighted by molar-refractivity contribution is 5.92. The molecule has 0 aromatic heterocycles. The zero-order valence-corrected chi connectivity index (χ0v) is 8.51. The second-order valence-electron chi connectivity index (χ2n) is 3.70. The SMILES string of the molecule is O=C(O)[C@@H]1C[C@H](Nc2ccccc2)C(=O)N1. The molecule has 0 radical (unpaired) electrons. The second-order valence-corrected chi connectivity index (χ2v) is 3.70. The van der Waals surface area contributed by atoms with E-state index in [4.69, 9.17) is 5.11 Å². The fourth-order valence-electron chi connectivity index (χ4n) is 1.70. The van der Waals surface area contributed by atoms with Crippen molar-refractivity contribution in [1.29, 1.82) is 0 Å². The third-order valence-corrected chi connectivity index (χ3v) is 2.52. The molecule has 1 heterocycles. The van der Waals surface area contributed by atoms with Crippen LogP contribution in [0.4, 0.5) is 5.69 Å². The monoisotopic (exact) mass is 220 g/mol. The third kappa shape index (κ3) is 2.13. The maximum Gasteiger partial charge on any atom is 0.326 e. The molecule has 1 aliphatic rings. The number of anilines is 1. The molecule has 84 valence electrons. The highest BCUT2D eigenvalue weighted by Crippen LogP contribution is 2.15. The van der Waals surface area contributed by atoms with Gasteiger partial charge in [-0.3, -0.25) is 4.79 Å². The summed E-state index contributed by atoms with van der Waals surface area (Å²) in [6.45, 7) is 0. The van der Waals surface area contributed by atoms with Crippen molar-refractivity contribution in [1.82, 2.24) is 5.32 Å². The van der Waals surface area contributed by atoms with Crippen LogP contribution in [-0.4, -0.2) is 29.1 Å². The van der Waals surface area contributed by atoms with Crippen LogP contribution < -0.4 is 10.6 Å². The number of carbonyl (C=O) groups excluding carboxylic acids is 1. The lowest BCUT2D eigenvalue weighted by atomic mass is 10.1. The van der Waals surface area contributed by atoms with Gasteiger partial charge in [-0.05, 0) is 12.1 Å². The minimum Gasteiger partial charge on any atom is -0.480 e. The summed E-state index contributed by atoms with van der Waals surface area (Å²) in [7, 11) is 0. The first-order chi connectivity index (χ1) is 7.66. The summed E-state index contributed by atoms with van der Waals surface area (Å²) < 4.78 is 0. The number of aliphatic carboxylic acids is 1. The topological polar surface area (TPSA) is 78.4 Å². The molecule has 1 aromatic rings. The van der Waals surface area contributed by atoms with E-state index >= 15 is 0 Å². The smallest absolute Gasteiger partial charge is 0.326 e.